The van der Waals surface area contributed by atoms with Gasteiger partial charge in [-0.05, 0) is 48.0 Å². The number of aromatic hydroxyl groups is 1. The first-order valence-corrected chi connectivity index (χ1v) is 11.2. The number of rotatable bonds is 6. The van der Waals surface area contributed by atoms with Crippen LogP contribution in [-0.2, 0) is 11.3 Å². The first-order valence-electron chi connectivity index (χ1n) is 10.4. The number of nitrogens with zero attached hydrogens (tertiary/aromatic N) is 2. The molecule has 4 rings (SSSR count). The van der Waals surface area contributed by atoms with E-state index in [2.05, 4.69) is 25.7 Å². The summed E-state index contributed by atoms with van der Waals surface area (Å²) < 4.78 is 11.9. The van der Waals surface area contributed by atoms with Crippen LogP contribution in [0.5, 0.6) is 17.2 Å². The summed E-state index contributed by atoms with van der Waals surface area (Å²) in [6, 6.07) is 20.4. The molecule has 0 atom stereocenters. The first-order chi connectivity index (χ1) is 15.5. The maximum Gasteiger partial charge on any atom is 0.341 e. The monoisotopic (exact) mass is 496 g/mol. The van der Waals surface area contributed by atoms with E-state index in [4.69, 9.17) is 9.47 Å². The highest BCUT2D eigenvalue weighted by atomic mass is 79.9. The fourth-order valence-electron chi connectivity index (χ4n) is 3.77. The van der Waals surface area contributed by atoms with Gasteiger partial charge in [0.2, 0.25) is 0 Å². The van der Waals surface area contributed by atoms with E-state index in [0.717, 1.165) is 48.4 Å². The second-order valence-corrected chi connectivity index (χ2v) is 8.48. The SMILES string of the molecule is COC(=O)c1ccc(N2CCN(Cc3cc(O)ccc3Br)CC2)cc1Oc1ccccc1. The molecule has 1 heterocycles. The lowest BCUT2D eigenvalue weighted by atomic mass is 10.1. The Hall–Kier alpha value is -3.03. The maximum absolute atomic E-state index is 12.2. The number of carbonyl (C=O) groups excluding carboxylic acids is 1. The number of esters is 1. The Morgan fingerprint density at radius 1 is 1.00 bits per heavy atom. The summed E-state index contributed by atoms with van der Waals surface area (Å²) in [6.45, 7) is 4.23. The van der Waals surface area contributed by atoms with Crippen LogP contribution in [0.3, 0.4) is 0 Å². The highest BCUT2D eigenvalue weighted by Crippen LogP contribution is 2.31. The van der Waals surface area contributed by atoms with Crippen molar-refractivity contribution >= 4 is 27.6 Å². The van der Waals surface area contributed by atoms with Crippen molar-refractivity contribution in [2.24, 2.45) is 0 Å². The number of ether oxygens (including phenoxy) is 2. The molecular formula is C25H25BrN2O4. The van der Waals surface area contributed by atoms with Gasteiger partial charge in [-0.2, -0.15) is 0 Å². The molecule has 1 N–H and O–H groups in total. The number of carbonyl (C=O) groups is 1. The van der Waals surface area contributed by atoms with E-state index in [1.165, 1.54) is 7.11 Å². The zero-order valence-electron chi connectivity index (χ0n) is 17.8. The minimum absolute atomic E-state index is 0.276. The van der Waals surface area contributed by atoms with E-state index in [-0.39, 0.29) is 5.75 Å². The third-order valence-corrected chi connectivity index (χ3v) is 6.28. The van der Waals surface area contributed by atoms with Crippen molar-refractivity contribution in [1.82, 2.24) is 4.90 Å². The van der Waals surface area contributed by atoms with Gasteiger partial charge in [0.25, 0.3) is 0 Å². The molecule has 0 saturated carbocycles. The summed E-state index contributed by atoms with van der Waals surface area (Å²) in [5.41, 5.74) is 2.47. The Labute approximate surface area is 196 Å². The third kappa shape index (κ3) is 5.23. The first kappa shape index (κ1) is 22.2. The molecule has 0 radical (unpaired) electrons. The largest absolute Gasteiger partial charge is 0.508 e. The van der Waals surface area contributed by atoms with Crippen LogP contribution in [0.4, 0.5) is 5.69 Å². The number of para-hydroxylation sites is 1. The van der Waals surface area contributed by atoms with Crippen molar-refractivity contribution < 1.29 is 19.4 Å². The zero-order valence-corrected chi connectivity index (χ0v) is 19.4. The van der Waals surface area contributed by atoms with Crippen LogP contribution in [0.25, 0.3) is 0 Å². The van der Waals surface area contributed by atoms with Gasteiger partial charge in [-0.3, -0.25) is 4.90 Å². The van der Waals surface area contributed by atoms with Crippen molar-refractivity contribution in [1.29, 1.82) is 0 Å². The fraction of sp³-hybridized carbons (Fsp3) is 0.240. The average Bonchev–Trinajstić information content (AvgIpc) is 2.82. The number of halogens is 1. The Morgan fingerprint density at radius 2 is 1.75 bits per heavy atom. The summed E-state index contributed by atoms with van der Waals surface area (Å²) in [6.07, 6.45) is 0. The number of anilines is 1. The Bertz CT molecular complexity index is 1080. The van der Waals surface area contributed by atoms with E-state index < -0.39 is 5.97 Å². The predicted octanol–water partition coefficient (Wildman–Crippen LogP) is 5.06. The van der Waals surface area contributed by atoms with Gasteiger partial charge < -0.3 is 19.5 Å². The molecule has 1 aliphatic heterocycles. The molecule has 32 heavy (non-hydrogen) atoms. The highest BCUT2D eigenvalue weighted by Gasteiger charge is 2.21. The standard InChI is InChI=1S/C25H25BrN2O4/c1-31-25(30)22-9-7-19(16-24(22)32-21-5-3-2-4-6-21)28-13-11-27(12-14-28)17-18-15-20(29)8-10-23(18)26/h2-10,15-16,29H,11-14,17H2,1H3. The van der Waals surface area contributed by atoms with Crippen molar-refractivity contribution in [3.05, 3.63) is 82.3 Å². The number of phenolic OH excluding ortho intramolecular Hbond substituents is 1. The van der Waals surface area contributed by atoms with Gasteiger partial charge in [0.1, 0.15) is 22.8 Å². The van der Waals surface area contributed by atoms with E-state index >= 15 is 0 Å². The van der Waals surface area contributed by atoms with Crippen LogP contribution >= 0.6 is 15.9 Å². The van der Waals surface area contributed by atoms with Gasteiger partial charge in [-0.1, -0.05) is 34.1 Å². The van der Waals surface area contributed by atoms with Crippen LogP contribution in [0.2, 0.25) is 0 Å². The topological polar surface area (TPSA) is 62.2 Å². The smallest absolute Gasteiger partial charge is 0.341 e. The molecule has 166 valence electrons. The zero-order chi connectivity index (χ0) is 22.5. The second-order valence-electron chi connectivity index (χ2n) is 7.63. The van der Waals surface area contributed by atoms with Gasteiger partial charge >= 0.3 is 5.97 Å². The molecule has 0 spiro atoms. The second kappa shape index (κ2) is 10.1. The Kier molecular flexibility index (Phi) is 6.97. The quantitative estimate of drug-likeness (QED) is 0.481. The summed E-state index contributed by atoms with van der Waals surface area (Å²) >= 11 is 3.57. The number of benzene rings is 3. The van der Waals surface area contributed by atoms with Gasteiger partial charge in [-0.15, -0.1) is 0 Å². The van der Waals surface area contributed by atoms with Crippen molar-refractivity contribution in [3.63, 3.8) is 0 Å². The summed E-state index contributed by atoms with van der Waals surface area (Å²) in [5.74, 6) is 0.991. The van der Waals surface area contributed by atoms with Gasteiger partial charge in [0.05, 0.1) is 7.11 Å². The molecule has 0 aliphatic carbocycles. The lowest BCUT2D eigenvalue weighted by Crippen LogP contribution is -2.46. The number of hydrogen-bond donors (Lipinski definition) is 1. The Balaban J connectivity index is 1.47. The highest BCUT2D eigenvalue weighted by molar-refractivity contribution is 9.10. The third-order valence-electron chi connectivity index (χ3n) is 5.50. The number of phenols is 1. The summed E-state index contributed by atoms with van der Waals surface area (Å²) in [5, 5.41) is 9.78. The lowest BCUT2D eigenvalue weighted by molar-refractivity contribution is 0.0598. The molecule has 0 unspecified atom stereocenters. The van der Waals surface area contributed by atoms with Crippen molar-refractivity contribution in [3.8, 4) is 17.2 Å². The molecular weight excluding hydrogens is 472 g/mol. The van der Waals surface area contributed by atoms with Crippen LogP contribution < -0.4 is 9.64 Å². The van der Waals surface area contributed by atoms with Gasteiger partial charge in [-0.25, -0.2) is 4.79 Å². The van der Waals surface area contributed by atoms with E-state index in [1.807, 2.05) is 48.5 Å². The number of methoxy groups -OCH3 is 1. The van der Waals surface area contributed by atoms with Crippen LogP contribution in [-0.4, -0.2) is 49.3 Å². The molecule has 3 aromatic rings. The predicted molar refractivity (Wildman–Crippen MR) is 128 cm³/mol. The van der Waals surface area contributed by atoms with Crippen LogP contribution in [0.1, 0.15) is 15.9 Å². The van der Waals surface area contributed by atoms with Crippen molar-refractivity contribution in [2.75, 3.05) is 38.2 Å². The molecule has 1 saturated heterocycles. The molecule has 7 heteroatoms. The van der Waals surface area contributed by atoms with Gasteiger partial charge in [0, 0.05) is 49.0 Å². The molecule has 1 fully saturated rings. The minimum atomic E-state index is -0.427. The molecule has 3 aromatic carbocycles. The van der Waals surface area contributed by atoms with E-state index in [9.17, 15) is 9.90 Å². The molecule has 0 bridgehead atoms. The molecule has 0 aromatic heterocycles. The summed E-state index contributed by atoms with van der Waals surface area (Å²) in [7, 11) is 1.37. The molecule has 6 nitrogen and oxygen atoms in total. The summed E-state index contributed by atoms with van der Waals surface area (Å²) in [4.78, 5) is 16.9. The van der Waals surface area contributed by atoms with Gasteiger partial charge in [0.15, 0.2) is 0 Å². The van der Waals surface area contributed by atoms with E-state index in [0.29, 0.717) is 17.1 Å². The fourth-order valence-corrected chi connectivity index (χ4v) is 4.15. The molecule has 0 amide bonds. The lowest BCUT2D eigenvalue weighted by Gasteiger charge is -2.36. The maximum atomic E-state index is 12.2. The van der Waals surface area contributed by atoms with E-state index in [1.54, 1.807) is 18.2 Å². The van der Waals surface area contributed by atoms with Crippen LogP contribution in [0, 0.1) is 0 Å². The Morgan fingerprint density at radius 3 is 2.47 bits per heavy atom. The minimum Gasteiger partial charge on any atom is -0.508 e. The molecule has 1 aliphatic rings. The van der Waals surface area contributed by atoms with Crippen LogP contribution in [0.15, 0.2) is 71.2 Å². The van der Waals surface area contributed by atoms with Crippen molar-refractivity contribution in [2.45, 2.75) is 6.54 Å². The number of hydrogen-bond acceptors (Lipinski definition) is 6. The average molecular weight is 497 g/mol. The number of piperazine rings is 1. The normalized spacial score (nSPS) is 14.2.